The van der Waals surface area contributed by atoms with Crippen LogP contribution in [0, 0.1) is 0 Å². The molecule has 0 aromatic carbocycles. The number of rotatable bonds is 4. The van der Waals surface area contributed by atoms with E-state index in [4.69, 9.17) is 5.11 Å². The van der Waals surface area contributed by atoms with E-state index in [0.29, 0.717) is 11.8 Å². The number of ether oxygens (including phenoxy) is 3. The number of hydrogen-bond acceptors (Lipinski definition) is 8. The molecule has 0 aromatic rings. The minimum Gasteiger partial charge on any atom is -0.501 e. The third-order valence-corrected chi connectivity index (χ3v) is 1.83. The standard InChI is InChI=1S/C9H12O7S/c1-3-14-8(12)16-7(11)6(10)5-17-9(13)15-4-2/h5,10H,3-4H2,1-2H3. The van der Waals surface area contributed by atoms with Crippen molar-refractivity contribution in [3.8, 4) is 0 Å². The Labute approximate surface area is 102 Å². The van der Waals surface area contributed by atoms with Gasteiger partial charge in [0.05, 0.1) is 13.2 Å². The van der Waals surface area contributed by atoms with Gasteiger partial charge in [-0.25, -0.2) is 14.4 Å². The molecule has 0 atom stereocenters. The Bertz CT molecular complexity index is 323. The Morgan fingerprint density at radius 3 is 2.29 bits per heavy atom. The lowest BCUT2D eigenvalue weighted by Crippen LogP contribution is -2.15. The molecular weight excluding hydrogens is 252 g/mol. The van der Waals surface area contributed by atoms with Gasteiger partial charge in [0, 0.05) is 5.41 Å². The highest BCUT2D eigenvalue weighted by Crippen LogP contribution is 2.10. The highest BCUT2D eigenvalue weighted by molar-refractivity contribution is 8.15. The van der Waals surface area contributed by atoms with Gasteiger partial charge >= 0.3 is 17.4 Å². The van der Waals surface area contributed by atoms with Crippen molar-refractivity contribution in [1.29, 1.82) is 0 Å². The molecule has 0 bridgehead atoms. The highest BCUT2D eigenvalue weighted by atomic mass is 32.2. The van der Waals surface area contributed by atoms with Crippen molar-refractivity contribution in [2.75, 3.05) is 13.2 Å². The number of thioether (sulfide) groups is 1. The second kappa shape index (κ2) is 8.45. The first-order chi connectivity index (χ1) is 8.01. The van der Waals surface area contributed by atoms with E-state index in [9.17, 15) is 14.4 Å². The number of aliphatic hydroxyl groups excluding tert-OH is 1. The van der Waals surface area contributed by atoms with Gasteiger partial charge in [-0.3, -0.25) is 0 Å². The number of hydrogen-bond donors (Lipinski definition) is 1. The van der Waals surface area contributed by atoms with Gasteiger partial charge in [0.2, 0.25) is 5.76 Å². The molecule has 0 aromatic heterocycles. The van der Waals surface area contributed by atoms with Crippen LogP contribution < -0.4 is 0 Å². The van der Waals surface area contributed by atoms with Crippen LogP contribution in [0.3, 0.4) is 0 Å². The molecule has 1 N–H and O–H groups in total. The fraction of sp³-hybridized carbons (Fsp3) is 0.444. The molecule has 0 saturated heterocycles. The third kappa shape index (κ3) is 7.23. The largest absolute Gasteiger partial charge is 0.516 e. The van der Waals surface area contributed by atoms with Gasteiger partial charge in [-0.1, -0.05) is 0 Å². The average Bonchev–Trinajstić information content (AvgIpc) is 2.26. The van der Waals surface area contributed by atoms with Gasteiger partial charge in [-0.15, -0.1) is 0 Å². The first-order valence-electron chi connectivity index (χ1n) is 4.62. The summed E-state index contributed by atoms with van der Waals surface area (Å²) in [6, 6.07) is 0. The van der Waals surface area contributed by atoms with Crippen molar-refractivity contribution < 1.29 is 33.7 Å². The van der Waals surface area contributed by atoms with E-state index >= 15 is 0 Å². The van der Waals surface area contributed by atoms with Crippen LogP contribution in [0.1, 0.15) is 13.8 Å². The molecular formula is C9H12O7S. The molecule has 0 rings (SSSR count). The molecule has 0 aliphatic carbocycles. The van der Waals surface area contributed by atoms with Crippen LogP contribution in [0.4, 0.5) is 9.59 Å². The van der Waals surface area contributed by atoms with Gasteiger partial charge in [0.1, 0.15) is 0 Å². The zero-order chi connectivity index (χ0) is 13.3. The number of esters is 1. The lowest BCUT2D eigenvalue weighted by Gasteiger charge is -2.01. The quantitative estimate of drug-likeness (QED) is 0.356. The van der Waals surface area contributed by atoms with Crippen LogP contribution in [0.25, 0.3) is 0 Å². The zero-order valence-corrected chi connectivity index (χ0v) is 10.1. The maximum atomic E-state index is 11.0. The molecule has 0 amide bonds. The number of carbonyl (C=O) groups excluding carboxylic acids is 3. The topological polar surface area (TPSA) is 99.1 Å². The molecule has 0 radical (unpaired) electrons. The fourth-order valence-electron chi connectivity index (χ4n) is 0.579. The summed E-state index contributed by atoms with van der Waals surface area (Å²) in [5.41, 5.74) is 0. The fourth-order valence-corrected chi connectivity index (χ4v) is 1.07. The van der Waals surface area contributed by atoms with Crippen LogP contribution >= 0.6 is 11.8 Å². The minimum absolute atomic E-state index is 0.0359. The summed E-state index contributed by atoms with van der Waals surface area (Å²) in [6.45, 7) is 3.34. The van der Waals surface area contributed by atoms with E-state index in [2.05, 4.69) is 14.2 Å². The molecule has 96 valence electrons. The lowest BCUT2D eigenvalue weighted by atomic mass is 10.6. The Balaban J connectivity index is 4.16. The Hall–Kier alpha value is -1.70. The summed E-state index contributed by atoms with van der Waals surface area (Å²) in [6.07, 6.45) is -1.22. The molecule has 8 heteroatoms. The van der Waals surface area contributed by atoms with E-state index in [-0.39, 0.29) is 13.2 Å². The molecule has 17 heavy (non-hydrogen) atoms. The van der Waals surface area contributed by atoms with E-state index in [1.165, 1.54) is 6.92 Å². The minimum atomic E-state index is -1.31. The second-order valence-corrected chi connectivity index (χ2v) is 3.18. The van der Waals surface area contributed by atoms with Crippen LogP contribution in [-0.2, 0) is 19.0 Å². The maximum absolute atomic E-state index is 11.0. The Morgan fingerprint density at radius 1 is 1.18 bits per heavy atom. The van der Waals surface area contributed by atoms with Crippen molar-refractivity contribution in [3.05, 3.63) is 11.2 Å². The molecule has 0 spiro atoms. The van der Waals surface area contributed by atoms with Crippen LogP contribution in [0.15, 0.2) is 11.2 Å². The summed E-state index contributed by atoms with van der Waals surface area (Å²) >= 11 is 0.452. The van der Waals surface area contributed by atoms with Crippen LogP contribution in [-0.4, -0.2) is 35.7 Å². The Morgan fingerprint density at radius 2 is 1.76 bits per heavy atom. The van der Waals surface area contributed by atoms with E-state index in [1.54, 1.807) is 6.92 Å². The van der Waals surface area contributed by atoms with Gasteiger partial charge in [0.25, 0.3) is 0 Å². The maximum Gasteiger partial charge on any atom is 0.516 e. The van der Waals surface area contributed by atoms with Crippen molar-refractivity contribution in [3.63, 3.8) is 0 Å². The summed E-state index contributed by atoms with van der Waals surface area (Å²) < 4.78 is 12.9. The molecule has 7 nitrogen and oxygen atoms in total. The third-order valence-electron chi connectivity index (χ3n) is 1.18. The summed E-state index contributed by atoms with van der Waals surface area (Å²) in [5, 5.41) is 9.22. The summed E-state index contributed by atoms with van der Waals surface area (Å²) in [4.78, 5) is 32.5. The zero-order valence-electron chi connectivity index (χ0n) is 9.30. The van der Waals surface area contributed by atoms with Crippen molar-refractivity contribution in [1.82, 2.24) is 0 Å². The summed E-state index contributed by atoms with van der Waals surface area (Å²) in [5.74, 6) is -2.20. The van der Waals surface area contributed by atoms with Crippen LogP contribution in [0.5, 0.6) is 0 Å². The van der Waals surface area contributed by atoms with Gasteiger partial charge < -0.3 is 19.3 Å². The van der Waals surface area contributed by atoms with Crippen molar-refractivity contribution in [2.45, 2.75) is 13.8 Å². The van der Waals surface area contributed by atoms with Gasteiger partial charge in [-0.2, -0.15) is 0 Å². The highest BCUT2D eigenvalue weighted by Gasteiger charge is 2.16. The molecule has 0 heterocycles. The molecule has 0 unspecified atom stereocenters. The van der Waals surface area contributed by atoms with Crippen molar-refractivity contribution in [2.24, 2.45) is 0 Å². The lowest BCUT2D eigenvalue weighted by molar-refractivity contribution is -0.138. The number of aliphatic hydroxyl groups is 1. The second-order valence-electron chi connectivity index (χ2n) is 2.38. The van der Waals surface area contributed by atoms with Crippen LogP contribution in [0.2, 0.25) is 0 Å². The molecule has 0 fully saturated rings. The van der Waals surface area contributed by atoms with E-state index in [0.717, 1.165) is 5.41 Å². The average molecular weight is 264 g/mol. The number of carbonyl (C=O) groups is 3. The molecule has 0 saturated carbocycles. The van der Waals surface area contributed by atoms with E-state index < -0.39 is 23.2 Å². The van der Waals surface area contributed by atoms with Gasteiger partial charge in [0.15, 0.2) is 0 Å². The predicted molar refractivity (Wildman–Crippen MR) is 58.4 cm³/mol. The molecule has 0 aliphatic heterocycles. The van der Waals surface area contributed by atoms with Crippen molar-refractivity contribution >= 4 is 29.2 Å². The smallest absolute Gasteiger partial charge is 0.501 e. The predicted octanol–water partition coefficient (Wildman–Crippen LogP) is 1.98. The Kier molecular flexibility index (Phi) is 7.61. The van der Waals surface area contributed by atoms with E-state index in [1.807, 2.05) is 0 Å². The first kappa shape index (κ1) is 15.3. The molecule has 0 aliphatic rings. The first-order valence-corrected chi connectivity index (χ1v) is 5.50. The monoisotopic (exact) mass is 264 g/mol. The van der Waals surface area contributed by atoms with Gasteiger partial charge in [-0.05, 0) is 25.6 Å². The summed E-state index contributed by atoms with van der Waals surface area (Å²) in [7, 11) is 0. The normalized spacial score (nSPS) is 10.6. The SMILES string of the molecule is CCOC(=O)OC(=O)C(O)=CSC(=O)OCC.